The Balaban J connectivity index is 3.26. The third-order valence-electron chi connectivity index (χ3n) is 1.21. The summed E-state index contributed by atoms with van der Waals surface area (Å²) >= 11 is 0. The van der Waals surface area contributed by atoms with Crippen molar-refractivity contribution in [2.24, 2.45) is 0 Å². The van der Waals surface area contributed by atoms with Crippen LogP contribution in [0.25, 0.3) is 0 Å². The van der Waals surface area contributed by atoms with Gasteiger partial charge in [0.15, 0.2) is 5.03 Å². The smallest absolute Gasteiger partial charge is 0.435 e. The molecule has 72 valence electrons. The summed E-state index contributed by atoms with van der Waals surface area (Å²) in [7, 11) is 2.14. The van der Waals surface area contributed by atoms with E-state index in [4.69, 9.17) is 10.7 Å². The molecule has 13 heavy (non-hydrogen) atoms. The number of halogens is 1. The lowest BCUT2D eigenvalue weighted by atomic mass is 10.7. The second-order valence-corrected chi connectivity index (χ2v) is 4.50. The highest BCUT2D eigenvalue weighted by Gasteiger charge is 2.20. The third kappa shape index (κ3) is 1.99. The van der Waals surface area contributed by atoms with Crippen LogP contribution in [0.15, 0.2) is 17.3 Å². The van der Waals surface area contributed by atoms with Gasteiger partial charge in [-0.25, -0.2) is 13.2 Å². The van der Waals surface area contributed by atoms with Gasteiger partial charge >= 0.3 is 6.09 Å². The highest BCUT2D eigenvalue weighted by Crippen LogP contribution is 2.13. The molecule has 6 nitrogen and oxygen atoms in total. The summed E-state index contributed by atoms with van der Waals surface area (Å²) in [6.45, 7) is 0. The Morgan fingerprint density at radius 2 is 2.31 bits per heavy atom. The molecule has 0 N–H and O–H groups in total. The number of hydrogen-bond acceptors (Lipinski definition) is 5. The van der Waals surface area contributed by atoms with Gasteiger partial charge in [-0.15, -0.1) is 0 Å². The maximum absolute atomic E-state index is 10.9. The summed E-state index contributed by atoms with van der Waals surface area (Å²) in [6.07, 6.45) is 0.218. The normalized spacial score (nSPS) is 11.2. The Morgan fingerprint density at radius 1 is 1.69 bits per heavy atom. The first-order valence-corrected chi connectivity index (χ1v) is 5.35. The molecule has 0 amide bonds. The summed E-state index contributed by atoms with van der Waals surface area (Å²) in [4.78, 5) is 10.9. The van der Waals surface area contributed by atoms with Gasteiger partial charge in [0.05, 0.1) is 13.3 Å². The van der Waals surface area contributed by atoms with Gasteiger partial charge in [-0.2, -0.15) is 9.78 Å². The highest BCUT2D eigenvalue weighted by atomic mass is 35.7. The lowest BCUT2D eigenvalue weighted by Gasteiger charge is -2.00. The maximum Gasteiger partial charge on any atom is 0.435 e. The lowest BCUT2D eigenvalue weighted by Crippen LogP contribution is -2.16. The van der Waals surface area contributed by atoms with Crippen molar-refractivity contribution >= 4 is 25.8 Å². The molecule has 0 aromatic carbocycles. The van der Waals surface area contributed by atoms with Crippen LogP contribution in [-0.4, -0.2) is 31.4 Å². The molecular formula is C5H5ClN2O4S. The molecule has 0 aliphatic carbocycles. The van der Waals surface area contributed by atoms with Crippen LogP contribution in [0.2, 0.25) is 0 Å². The molecule has 0 fully saturated rings. The molecule has 1 heterocycles. The minimum atomic E-state index is -3.97. The van der Waals surface area contributed by atoms with Crippen molar-refractivity contribution in [3.05, 3.63) is 12.3 Å². The third-order valence-corrected chi connectivity index (χ3v) is 2.49. The number of nitrogens with zero attached hydrogens (tertiary/aromatic N) is 2. The number of aromatic nitrogens is 2. The molecule has 0 radical (unpaired) electrons. The fourth-order valence-electron chi connectivity index (χ4n) is 0.699. The van der Waals surface area contributed by atoms with Gasteiger partial charge < -0.3 is 4.74 Å². The molecule has 0 aliphatic heterocycles. The Hall–Kier alpha value is -1.08. The second-order valence-electron chi connectivity index (χ2n) is 1.99. The van der Waals surface area contributed by atoms with Crippen LogP contribution in [0.5, 0.6) is 0 Å². The zero-order valence-corrected chi connectivity index (χ0v) is 8.04. The molecule has 1 rings (SSSR count). The van der Waals surface area contributed by atoms with Crippen molar-refractivity contribution in [1.82, 2.24) is 9.78 Å². The fourth-order valence-corrected chi connectivity index (χ4v) is 1.60. The molecule has 0 saturated heterocycles. The van der Waals surface area contributed by atoms with Crippen molar-refractivity contribution in [3.8, 4) is 0 Å². The SMILES string of the molecule is COC(=O)n1nccc1S(=O)(=O)Cl. The molecular weight excluding hydrogens is 220 g/mol. The van der Waals surface area contributed by atoms with E-state index in [2.05, 4.69) is 9.84 Å². The molecule has 1 aromatic heterocycles. The molecule has 0 saturated carbocycles. The summed E-state index contributed by atoms with van der Waals surface area (Å²) in [5, 5.41) is 3.02. The van der Waals surface area contributed by atoms with Gasteiger partial charge in [0.1, 0.15) is 0 Å². The van der Waals surface area contributed by atoms with E-state index in [1.54, 1.807) is 0 Å². The molecule has 0 spiro atoms. The largest absolute Gasteiger partial charge is 0.451 e. The average Bonchev–Trinajstić information content (AvgIpc) is 2.49. The molecule has 0 unspecified atom stereocenters. The number of carbonyl (C=O) groups is 1. The first-order chi connectivity index (χ1) is 5.96. The van der Waals surface area contributed by atoms with E-state index in [0.717, 1.165) is 19.4 Å². The zero-order chi connectivity index (χ0) is 10.1. The van der Waals surface area contributed by atoms with Crippen LogP contribution in [-0.2, 0) is 13.8 Å². The number of carbonyl (C=O) groups excluding carboxylic acids is 1. The highest BCUT2D eigenvalue weighted by molar-refractivity contribution is 8.13. The summed E-state index contributed by atoms with van der Waals surface area (Å²) in [6, 6.07) is 1.10. The molecule has 1 aromatic rings. The summed E-state index contributed by atoms with van der Waals surface area (Å²) in [5.74, 6) is 0. The van der Waals surface area contributed by atoms with Crippen LogP contribution < -0.4 is 0 Å². The molecule has 0 aliphatic rings. The van der Waals surface area contributed by atoms with Crippen molar-refractivity contribution in [2.75, 3.05) is 7.11 Å². The van der Waals surface area contributed by atoms with Crippen molar-refractivity contribution in [1.29, 1.82) is 0 Å². The van der Waals surface area contributed by atoms with Crippen LogP contribution in [0.3, 0.4) is 0 Å². The van der Waals surface area contributed by atoms with Gasteiger partial charge in [0.2, 0.25) is 0 Å². The molecule has 8 heteroatoms. The predicted octanol–water partition coefficient (Wildman–Crippen LogP) is 0.425. The average molecular weight is 225 g/mol. The van der Waals surface area contributed by atoms with E-state index < -0.39 is 20.2 Å². The predicted molar refractivity (Wildman–Crippen MR) is 43.1 cm³/mol. The van der Waals surface area contributed by atoms with Gasteiger partial charge in [0, 0.05) is 10.7 Å². The molecule has 0 atom stereocenters. The van der Waals surface area contributed by atoms with Crippen LogP contribution in [0, 0.1) is 0 Å². The van der Waals surface area contributed by atoms with E-state index in [1.807, 2.05) is 0 Å². The van der Waals surface area contributed by atoms with Crippen LogP contribution >= 0.6 is 10.7 Å². The zero-order valence-electron chi connectivity index (χ0n) is 6.47. The number of ether oxygens (including phenoxy) is 1. The quantitative estimate of drug-likeness (QED) is 0.647. The van der Waals surface area contributed by atoms with E-state index in [1.165, 1.54) is 0 Å². The summed E-state index contributed by atoms with van der Waals surface area (Å²) in [5.41, 5.74) is 0. The Labute approximate surface area is 78.5 Å². The van der Waals surface area contributed by atoms with E-state index in [9.17, 15) is 13.2 Å². The van der Waals surface area contributed by atoms with Crippen molar-refractivity contribution in [3.63, 3.8) is 0 Å². The van der Waals surface area contributed by atoms with Gasteiger partial charge in [-0.1, -0.05) is 0 Å². The Morgan fingerprint density at radius 3 is 2.77 bits per heavy atom. The van der Waals surface area contributed by atoms with E-state index in [0.29, 0.717) is 4.68 Å². The monoisotopic (exact) mass is 224 g/mol. The fraction of sp³-hybridized carbons (Fsp3) is 0.200. The van der Waals surface area contributed by atoms with Gasteiger partial charge in [-0.3, -0.25) is 0 Å². The number of hydrogen-bond donors (Lipinski definition) is 0. The minimum absolute atomic E-state index is 0.416. The van der Waals surface area contributed by atoms with Gasteiger partial charge in [0.25, 0.3) is 9.05 Å². The Kier molecular flexibility index (Phi) is 2.58. The molecule has 0 bridgehead atoms. The topological polar surface area (TPSA) is 78.3 Å². The standard InChI is InChI=1S/C5H5ClN2O4S/c1-12-5(9)8-4(2-3-7-8)13(6,10)11/h2-3H,1H3. The van der Waals surface area contributed by atoms with Crippen LogP contribution in [0.1, 0.15) is 0 Å². The second kappa shape index (κ2) is 3.35. The van der Waals surface area contributed by atoms with Crippen molar-refractivity contribution < 1.29 is 17.9 Å². The van der Waals surface area contributed by atoms with Crippen molar-refractivity contribution in [2.45, 2.75) is 5.03 Å². The van der Waals surface area contributed by atoms with E-state index in [-0.39, 0.29) is 0 Å². The lowest BCUT2D eigenvalue weighted by molar-refractivity contribution is 0.166. The number of rotatable bonds is 1. The minimum Gasteiger partial charge on any atom is -0.451 e. The number of methoxy groups -OCH3 is 1. The van der Waals surface area contributed by atoms with Crippen LogP contribution in [0.4, 0.5) is 4.79 Å². The van der Waals surface area contributed by atoms with Gasteiger partial charge in [-0.05, 0) is 6.07 Å². The Bertz CT molecular complexity index is 423. The first kappa shape index (κ1) is 10.0. The van der Waals surface area contributed by atoms with E-state index >= 15 is 0 Å². The maximum atomic E-state index is 10.9. The summed E-state index contributed by atoms with van der Waals surface area (Å²) < 4.78 is 26.5. The first-order valence-electron chi connectivity index (χ1n) is 3.04.